The lowest BCUT2D eigenvalue weighted by Gasteiger charge is -2.08. The first-order valence-corrected chi connectivity index (χ1v) is 10.8. The van der Waals surface area contributed by atoms with E-state index in [4.69, 9.17) is 19.5 Å². The SMILES string of the molecule is CCOC(=O)c1sc(NC(=O)/C=C/c2ccc(OCC#N)c(OC)c2)nc1-c1ccccc1. The fourth-order valence-electron chi connectivity index (χ4n) is 2.84. The topological polar surface area (TPSA) is 111 Å². The molecule has 0 aliphatic carbocycles. The van der Waals surface area contributed by atoms with Gasteiger partial charge >= 0.3 is 5.97 Å². The number of hydrogen-bond acceptors (Lipinski definition) is 8. The van der Waals surface area contributed by atoms with Crippen LogP contribution in [0.25, 0.3) is 17.3 Å². The first-order valence-electron chi connectivity index (χ1n) is 9.96. The van der Waals surface area contributed by atoms with Gasteiger partial charge in [-0.25, -0.2) is 9.78 Å². The molecule has 1 aromatic heterocycles. The van der Waals surface area contributed by atoms with Gasteiger partial charge in [0.05, 0.1) is 19.4 Å². The Hall–Kier alpha value is -4.16. The third kappa shape index (κ3) is 6.18. The maximum absolute atomic E-state index is 12.5. The second kappa shape index (κ2) is 11.5. The van der Waals surface area contributed by atoms with E-state index in [2.05, 4.69) is 10.3 Å². The van der Waals surface area contributed by atoms with Gasteiger partial charge < -0.3 is 14.2 Å². The number of aromatic nitrogens is 1. The van der Waals surface area contributed by atoms with Gasteiger partial charge in [0.15, 0.2) is 23.2 Å². The number of anilines is 1. The first-order chi connectivity index (χ1) is 16.0. The zero-order valence-corrected chi connectivity index (χ0v) is 18.8. The number of nitrogens with one attached hydrogen (secondary N) is 1. The number of benzene rings is 2. The maximum atomic E-state index is 12.5. The van der Waals surface area contributed by atoms with Gasteiger partial charge in [0.2, 0.25) is 5.91 Å². The molecule has 1 heterocycles. The van der Waals surface area contributed by atoms with E-state index in [0.717, 1.165) is 16.9 Å². The van der Waals surface area contributed by atoms with Crippen LogP contribution in [0.5, 0.6) is 11.5 Å². The minimum Gasteiger partial charge on any atom is -0.493 e. The van der Waals surface area contributed by atoms with Crippen molar-refractivity contribution < 1.29 is 23.8 Å². The van der Waals surface area contributed by atoms with Crippen LogP contribution >= 0.6 is 11.3 Å². The van der Waals surface area contributed by atoms with Crippen LogP contribution in [0.1, 0.15) is 22.2 Å². The molecule has 8 nitrogen and oxygen atoms in total. The van der Waals surface area contributed by atoms with Crippen molar-refractivity contribution in [2.24, 2.45) is 0 Å². The van der Waals surface area contributed by atoms with Crippen molar-refractivity contribution in [3.05, 3.63) is 65.0 Å². The van der Waals surface area contributed by atoms with Gasteiger partial charge in [-0.05, 0) is 30.7 Å². The summed E-state index contributed by atoms with van der Waals surface area (Å²) in [6.07, 6.45) is 2.95. The Morgan fingerprint density at radius 2 is 1.97 bits per heavy atom. The zero-order chi connectivity index (χ0) is 23.6. The predicted octanol–water partition coefficient (Wildman–Crippen LogP) is 4.55. The van der Waals surface area contributed by atoms with Crippen LogP contribution in [0.15, 0.2) is 54.6 Å². The molecule has 0 aliphatic heterocycles. The molecule has 1 amide bonds. The molecule has 0 radical (unpaired) electrons. The van der Waals surface area contributed by atoms with Gasteiger partial charge in [0.25, 0.3) is 0 Å². The number of nitriles is 1. The number of esters is 1. The number of hydrogen-bond donors (Lipinski definition) is 1. The molecule has 9 heteroatoms. The van der Waals surface area contributed by atoms with E-state index < -0.39 is 11.9 Å². The van der Waals surface area contributed by atoms with Crippen molar-refractivity contribution in [1.29, 1.82) is 5.26 Å². The second-order valence-corrected chi connectivity index (χ2v) is 7.46. The van der Waals surface area contributed by atoms with Crippen LogP contribution in [-0.4, -0.2) is 37.2 Å². The van der Waals surface area contributed by atoms with Gasteiger partial charge in [-0.15, -0.1) is 0 Å². The summed E-state index contributed by atoms with van der Waals surface area (Å²) in [5.41, 5.74) is 1.90. The molecular weight excluding hydrogens is 442 g/mol. The Bertz CT molecular complexity index is 1200. The highest BCUT2D eigenvalue weighted by atomic mass is 32.1. The highest BCUT2D eigenvalue weighted by Crippen LogP contribution is 2.32. The number of carbonyl (C=O) groups is 2. The summed E-state index contributed by atoms with van der Waals surface area (Å²) in [7, 11) is 1.49. The van der Waals surface area contributed by atoms with Crippen molar-refractivity contribution in [1.82, 2.24) is 4.98 Å². The fourth-order valence-corrected chi connectivity index (χ4v) is 3.72. The Kier molecular flexibility index (Phi) is 8.16. The average molecular weight is 464 g/mol. The number of rotatable bonds is 9. The minimum atomic E-state index is -0.490. The van der Waals surface area contributed by atoms with Crippen LogP contribution in [0.4, 0.5) is 5.13 Å². The van der Waals surface area contributed by atoms with Gasteiger partial charge in [-0.2, -0.15) is 5.26 Å². The fraction of sp³-hybridized carbons (Fsp3) is 0.167. The molecule has 0 atom stereocenters. The monoisotopic (exact) mass is 463 g/mol. The summed E-state index contributed by atoms with van der Waals surface area (Å²) in [6, 6.07) is 16.2. The normalized spacial score (nSPS) is 10.5. The number of nitrogens with zero attached hydrogens (tertiary/aromatic N) is 2. The van der Waals surface area contributed by atoms with Crippen LogP contribution in [0, 0.1) is 11.3 Å². The number of ether oxygens (including phenoxy) is 3. The molecule has 0 aliphatic rings. The molecule has 1 N–H and O–H groups in total. The van der Waals surface area contributed by atoms with E-state index in [1.54, 1.807) is 31.2 Å². The molecule has 0 saturated carbocycles. The Morgan fingerprint density at radius 1 is 1.18 bits per heavy atom. The Balaban J connectivity index is 1.77. The molecule has 0 fully saturated rings. The van der Waals surface area contributed by atoms with Crippen LogP contribution in [0.3, 0.4) is 0 Å². The largest absolute Gasteiger partial charge is 0.493 e. The molecule has 33 heavy (non-hydrogen) atoms. The van der Waals surface area contributed by atoms with E-state index >= 15 is 0 Å². The van der Waals surface area contributed by atoms with Gasteiger partial charge in [-0.3, -0.25) is 10.1 Å². The van der Waals surface area contributed by atoms with Gasteiger partial charge in [-0.1, -0.05) is 47.7 Å². The van der Waals surface area contributed by atoms with E-state index in [1.165, 1.54) is 13.2 Å². The summed E-state index contributed by atoms with van der Waals surface area (Å²) in [5, 5.41) is 11.6. The molecule has 0 unspecified atom stereocenters. The summed E-state index contributed by atoms with van der Waals surface area (Å²) in [5.74, 6) is -0.0269. The van der Waals surface area contributed by atoms with Gasteiger partial charge in [0.1, 0.15) is 10.9 Å². The van der Waals surface area contributed by atoms with E-state index in [9.17, 15) is 9.59 Å². The molecule has 0 spiro atoms. The molecule has 3 aromatic rings. The van der Waals surface area contributed by atoms with Crippen molar-refractivity contribution in [3.63, 3.8) is 0 Å². The van der Waals surface area contributed by atoms with E-state index in [0.29, 0.717) is 27.6 Å². The molecule has 2 aromatic carbocycles. The highest BCUT2D eigenvalue weighted by molar-refractivity contribution is 7.18. The number of carbonyl (C=O) groups excluding carboxylic acids is 2. The predicted molar refractivity (Wildman–Crippen MR) is 125 cm³/mol. The standard InChI is InChI=1S/C24H21N3O5S/c1-3-31-23(29)22-21(17-7-5-4-6-8-17)27-24(33-22)26-20(28)12-10-16-9-11-18(32-14-13-25)19(15-16)30-2/h4-12,15H,3,14H2,1-2H3,(H,26,27,28)/b12-10+. The third-order valence-corrected chi connectivity index (χ3v) is 5.22. The highest BCUT2D eigenvalue weighted by Gasteiger charge is 2.21. The number of methoxy groups -OCH3 is 1. The van der Waals surface area contributed by atoms with E-state index in [1.807, 2.05) is 36.4 Å². The molecule has 0 saturated heterocycles. The van der Waals surface area contributed by atoms with Crippen LogP contribution in [0.2, 0.25) is 0 Å². The lowest BCUT2D eigenvalue weighted by Crippen LogP contribution is -2.07. The van der Waals surface area contributed by atoms with Crippen molar-refractivity contribution in [3.8, 4) is 28.8 Å². The maximum Gasteiger partial charge on any atom is 0.350 e. The minimum absolute atomic E-state index is 0.0967. The smallest absolute Gasteiger partial charge is 0.350 e. The van der Waals surface area contributed by atoms with Gasteiger partial charge in [0, 0.05) is 11.6 Å². The second-order valence-electron chi connectivity index (χ2n) is 6.46. The summed E-state index contributed by atoms with van der Waals surface area (Å²) >= 11 is 1.05. The van der Waals surface area contributed by atoms with Crippen molar-refractivity contribution in [2.45, 2.75) is 6.92 Å². The quantitative estimate of drug-likeness (QED) is 0.366. The van der Waals surface area contributed by atoms with Crippen LogP contribution in [-0.2, 0) is 9.53 Å². The molecule has 168 valence electrons. The lowest BCUT2D eigenvalue weighted by molar-refractivity contribution is -0.111. The first kappa shape index (κ1) is 23.5. The number of thiazole rings is 1. The van der Waals surface area contributed by atoms with Crippen LogP contribution < -0.4 is 14.8 Å². The molecular formula is C24H21N3O5S. The van der Waals surface area contributed by atoms with Crippen molar-refractivity contribution in [2.75, 3.05) is 25.6 Å². The average Bonchev–Trinajstić information content (AvgIpc) is 3.26. The van der Waals surface area contributed by atoms with Crippen molar-refractivity contribution >= 4 is 34.4 Å². The summed E-state index contributed by atoms with van der Waals surface area (Å²) in [4.78, 5) is 29.6. The third-order valence-electron chi connectivity index (χ3n) is 4.27. The summed E-state index contributed by atoms with van der Waals surface area (Å²) in [6.45, 7) is 1.87. The Morgan fingerprint density at radius 3 is 2.67 bits per heavy atom. The molecule has 3 rings (SSSR count). The lowest BCUT2D eigenvalue weighted by atomic mass is 10.1. The molecule has 0 bridgehead atoms. The van der Waals surface area contributed by atoms with E-state index in [-0.39, 0.29) is 18.3 Å². The summed E-state index contributed by atoms with van der Waals surface area (Å²) < 4.78 is 15.7. The Labute approximate surface area is 195 Å². The number of amides is 1. The zero-order valence-electron chi connectivity index (χ0n) is 18.0.